The first-order valence-electron chi connectivity index (χ1n) is 21.2. The van der Waals surface area contributed by atoms with E-state index in [0.717, 1.165) is 5.69 Å². The second-order valence-electron chi connectivity index (χ2n) is 16.5. The van der Waals surface area contributed by atoms with Crippen molar-refractivity contribution in [2.45, 2.75) is 5.92 Å². The van der Waals surface area contributed by atoms with Gasteiger partial charge in [0, 0.05) is 38.8 Å². The zero-order valence-electron chi connectivity index (χ0n) is 33.3. The van der Waals surface area contributed by atoms with E-state index in [1.165, 1.54) is 110 Å². The lowest BCUT2D eigenvalue weighted by molar-refractivity contribution is 1.02. The summed E-state index contributed by atoms with van der Waals surface area (Å²) >= 11 is 0. The molecule has 0 spiro atoms. The van der Waals surface area contributed by atoms with E-state index in [1.807, 2.05) is 0 Å². The Hall–Kier alpha value is -7.94. The fourth-order valence-electron chi connectivity index (χ4n) is 10.4. The highest BCUT2D eigenvalue weighted by Gasteiger charge is 2.31. The van der Waals surface area contributed by atoms with Crippen LogP contribution in [0.15, 0.2) is 224 Å². The van der Waals surface area contributed by atoms with Crippen LogP contribution in [0.2, 0.25) is 0 Å². The van der Waals surface area contributed by atoms with Gasteiger partial charge in [-0.15, -0.1) is 0 Å². The molecule has 1 aliphatic carbocycles. The van der Waals surface area contributed by atoms with Crippen molar-refractivity contribution in [3.63, 3.8) is 0 Å². The highest BCUT2D eigenvalue weighted by Crippen LogP contribution is 2.51. The molecule has 1 aliphatic rings. The van der Waals surface area contributed by atoms with Crippen LogP contribution in [0.5, 0.6) is 0 Å². The minimum Gasteiger partial charge on any atom is -0.309 e. The smallest absolute Gasteiger partial charge is 0.0544 e. The minimum atomic E-state index is 0.147. The molecule has 61 heavy (non-hydrogen) atoms. The van der Waals surface area contributed by atoms with Crippen molar-refractivity contribution < 1.29 is 0 Å². The first kappa shape index (κ1) is 34.0. The fraction of sp³-hybridized carbons (Fsp3) is 0.0169. The molecule has 2 aromatic heterocycles. The number of hydrogen-bond donors (Lipinski definition) is 0. The molecular formula is C59H38N2. The van der Waals surface area contributed by atoms with Crippen molar-refractivity contribution in [3.8, 4) is 44.8 Å². The molecular weight excluding hydrogens is 737 g/mol. The predicted molar refractivity (Wildman–Crippen MR) is 256 cm³/mol. The summed E-state index contributed by atoms with van der Waals surface area (Å²) in [5.74, 6) is 0.147. The van der Waals surface area contributed by atoms with Crippen molar-refractivity contribution >= 4 is 54.4 Å². The highest BCUT2D eigenvalue weighted by molar-refractivity contribution is 6.14. The number of fused-ring (bicyclic) bond motifs is 10. The molecule has 12 aromatic rings. The highest BCUT2D eigenvalue weighted by atomic mass is 15.0. The maximum absolute atomic E-state index is 2.49. The molecule has 2 heterocycles. The standard InChI is InChI=1S/C59H38N2/c1-3-13-38(14-4-1)40-25-29-46(30-26-40)60-55-22-12-11-20-48(55)51-34-42(27-31-56(51)60)43-28-32-57-52(35-43)53-36-50-47-19-9-10-21-49(47)59(44-24-23-39-15-7-8-16-41(39)33-44)54(50)37-58(53)61(57)45-17-5-2-6-18-45/h1-37,59H. The van der Waals surface area contributed by atoms with Gasteiger partial charge in [0.05, 0.1) is 22.1 Å². The lowest BCUT2D eigenvalue weighted by Crippen LogP contribution is -2.00. The van der Waals surface area contributed by atoms with Crippen LogP contribution in [0.25, 0.3) is 99.1 Å². The Morgan fingerprint density at radius 1 is 0.279 bits per heavy atom. The summed E-state index contributed by atoms with van der Waals surface area (Å²) < 4.78 is 4.87. The SMILES string of the molecule is c1ccc(-c2ccc(-n3c4ccccc4c4cc(-c5ccc6c(c5)c5cc7c(cc5n6-c5ccccc5)C(c5ccc6ccccc6c5)c5ccccc5-7)ccc43)cc2)cc1. The predicted octanol–water partition coefficient (Wildman–Crippen LogP) is 15.5. The Labute approximate surface area is 353 Å². The van der Waals surface area contributed by atoms with Gasteiger partial charge in [-0.3, -0.25) is 0 Å². The summed E-state index contributed by atoms with van der Waals surface area (Å²) in [5.41, 5.74) is 18.7. The van der Waals surface area contributed by atoms with Crippen molar-refractivity contribution in [2.24, 2.45) is 0 Å². The van der Waals surface area contributed by atoms with Crippen LogP contribution < -0.4 is 0 Å². The summed E-state index contributed by atoms with van der Waals surface area (Å²) in [6.07, 6.45) is 0. The molecule has 284 valence electrons. The second kappa shape index (κ2) is 13.3. The third-order valence-electron chi connectivity index (χ3n) is 13.2. The van der Waals surface area contributed by atoms with Crippen LogP contribution in [0.1, 0.15) is 22.6 Å². The van der Waals surface area contributed by atoms with Gasteiger partial charge in [0.25, 0.3) is 0 Å². The third-order valence-corrected chi connectivity index (χ3v) is 13.2. The van der Waals surface area contributed by atoms with Crippen LogP contribution in [0.4, 0.5) is 0 Å². The molecule has 0 aliphatic heterocycles. The van der Waals surface area contributed by atoms with Gasteiger partial charge in [-0.05, 0) is 128 Å². The maximum atomic E-state index is 2.49. The molecule has 1 unspecified atom stereocenters. The topological polar surface area (TPSA) is 9.86 Å². The molecule has 0 radical (unpaired) electrons. The Bertz CT molecular complexity index is 3680. The van der Waals surface area contributed by atoms with E-state index in [1.54, 1.807) is 0 Å². The van der Waals surface area contributed by atoms with Crippen molar-refractivity contribution in [2.75, 3.05) is 0 Å². The van der Waals surface area contributed by atoms with Crippen LogP contribution in [-0.4, -0.2) is 9.13 Å². The number of nitrogens with zero attached hydrogens (tertiary/aromatic N) is 2. The summed E-state index contributed by atoms with van der Waals surface area (Å²) in [6.45, 7) is 0. The second-order valence-corrected chi connectivity index (χ2v) is 16.5. The molecule has 0 bridgehead atoms. The molecule has 0 amide bonds. The Balaban J connectivity index is 0.990. The first-order valence-corrected chi connectivity index (χ1v) is 21.2. The molecule has 2 heteroatoms. The quantitative estimate of drug-likeness (QED) is 0.165. The fourth-order valence-corrected chi connectivity index (χ4v) is 10.4. The van der Waals surface area contributed by atoms with Gasteiger partial charge in [-0.25, -0.2) is 0 Å². The van der Waals surface area contributed by atoms with Gasteiger partial charge in [-0.2, -0.15) is 0 Å². The monoisotopic (exact) mass is 774 g/mol. The lowest BCUT2D eigenvalue weighted by atomic mass is 9.88. The molecule has 10 aromatic carbocycles. The van der Waals surface area contributed by atoms with Crippen molar-refractivity contribution in [3.05, 3.63) is 241 Å². The number of rotatable bonds is 5. The normalized spacial score (nSPS) is 13.4. The van der Waals surface area contributed by atoms with Crippen LogP contribution in [0, 0.1) is 0 Å². The van der Waals surface area contributed by atoms with Gasteiger partial charge in [0.15, 0.2) is 0 Å². The van der Waals surface area contributed by atoms with E-state index < -0.39 is 0 Å². The largest absolute Gasteiger partial charge is 0.309 e. The number of hydrogen-bond acceptors (Lipinski definition) is 0. The summed E-state index contributed by atoms with van der Waals surface area (Å²) in [6, 6.07) is 83.0. The zero-order chi connectivity index (χ0) is 40.0. The lowest BCUT2D eigenvalue weighted by Gasteiger charge is -2.16. The molecule has 0 saturated carbocycles. The van der Waals surface area contributed by atoms with E-state index in [4.69, 9.17) is 0 Å². The van der Waals surface area contributed by atoms with E-state index in [0.29, 0.717) is 0 Å². The van der Waals surface area contributed by atoms with Crippen LogP contribution >= 0.6 is 0 Å². The number of para-hydroxylation sites is 2. The molecule has 1 atom stereocenters. The van der Waals surface area contributed by atoms with Crippen molar-refractivity contribution in [1.29, 1.82) is 0 Å². The molecule has 2 nitrogen and oxygen atoms in total. The van der Waals surface area contributed by atoms with Gasteiger partial charge >= 0.3 is 0 Å². The van der Waals surface area contributed by atoms with Crippen molar-refractivity contribution in [1.82, 2.24) is 9.13 Å². The Morgan fingerprint density at radius 3 is 1.62 bits per heavy atom. The van der Waals surface area contributed by atoms with Gasteiger partial charge in [-0.1, -0.05) is 158 Å². The summed E-state index contributed by atoms with van der Waals surface area (Å²) in [5, 5.41) is 7.58. The van der Waals surface area contributed by atoms with Gasteiger partial charge in [0.2, 0.25) is 0 Å². The third kappa shape index (κ3) is 5.22. The molecule has 13 rings (SSSR count). The molecule has 0 fully saturated rings. The minimum absolute atomic E-state index is 0.147. The average molecular weight is 775 g/mol. The van der Waals surface area contributed by atoms with E-state index >= 15 is 0 Å². The Morgan fingerprint density at radius 2 is 0.836 bits per heavy atom. The number of benzene rings is 10. The average Bonchev–Trinajstić information content (AvgIpc) is 3.96. The molecule has 0 saturated heterocycles. The van der Waals surface area contributed by atoms with Crippen LogP contribution in [0.3, 0.4) is 0 Å². The number of aromatic nitrogens is 2. The van der Waals surface area contributed by atoms with E-state index in [-0.39, 0.29) is 5.92 Å². The first-order chi connectivity index (χ1) is 30.2. The van der Waals surface area contributed by atoms with Gasteiger partial charge < -0.3 is 9.13 Å². The summed E-state index contributed by atoms with van der Waals surface area (Å²) in [7, 11) is 0. The van der Waals surface area contributed by atoms with E-state index in [9.17, 15) is 0 Å². The Kier molecular flexibility index (Phi) is 7.40. The van der Waals surface area contributed by atoms with Crippen LogP contribution in [-0.2, 0) is 0 Å². The maximum Gasteiger partial charge on any atom is 0.0544 e. The summed E-state index contributed by atoms with van der Waals surface area (Å²) in [4.78, 5) is 0. The zero-order valence-corrected chi connectivity index (χ0v) is 33.3. The van der Waals surface area contributed by atoms with E-state index in [2.05, 4.69) is 234 Å². The van der Waals surface area contributed by atoms with Gasteiger partial charge in [0.1, 0.15) is 0 Å². The molecule has 0 N–H and O–H groups in total.